The maximum absolute atomic E-state index is 12.4. The molecule has 1 aliphatic rings. The Kier molecular flexibility index (Phi) is 3.19. The third-order valence-corrected chi connectivity index (χ3v) is 3.32. The summed E-state index contributed by atoms with van der Waals surface area (Å²) in [7, 11) is 0. The number of rotatable bonds is 3. The number of H-pyrrole nitrogens is 1. The Morgan fingerprint density at radius 3 is 2.48 bits per heavy atom. The van der Waals surface area contributed by atoms with Crippen molar-refractivity contribution in [2.75, 3.05) is 5.32 Å². The molecule has 4 nitrogen and oxygen atoms in total. The summed E-state index contributed by atoms with van der Waals surface area (Å²) in [5.41, 5.74) is 0.699. The van der Waals surface area contributed by atoms with Gasteiger partial charge in [0.05, 0.1) is 5.56 Å². The van der Waals surface area contributed by atoms with E-state index in [1.807, 2.05) is 0 Å². The van der Waals surface area contributed by atoms with Gasteiger partial charge in [0.15, 0.2) is 5.69 Å². The molecule has 1 amide bonds. The molecule has 1 fully saturated rings. The van der Waals surface area contributed by atoms with Crippen LogP contribution in [0.4, 0.5) is 18.9 Å². The number of halogens is 3. The maximum Gasteiger partial charge on any atom is 0.416 e. The van der Waals surface area contributed by atoms with Gasteiger partial charge in [-0.1, -0.05) is 0 Å². The van der Waals surface area contributed by atoms with Crippen molar-refractivity contribution in [3.05, 3.63) is 47.3 Å². The second-order valence-electron chi connectivity index (χ2n) is 5.01. The van der Waals surface area contributed by atoms with Gasteiger partial charge in [0.1, 0.15) is 0 Å². The topological polar surface area (TPSA) is 57.8 Å². The fourth-order valence-corrected chi connectivity index (χ4v) is 1.99. The van der Waals surface area contributed by atoms with Gasteiger partial charge in [-0.2, -0.15) is 18.3 Å². The average Bonchev–Trinajstić information content (AvgIpc) is 3.16. The number of aromatic nitrogens is 2. The Morgan fingerprint density at radius 1 is 1.24 bits per heavy atom. The minimum atomic E-state index is -4.39. The minimum Gasteiger partial charge on any atom is -0.321 e. The van der Waals surface area contributed by atoms with Crippen molar-refractivity contribution in [2.45, 2.75) is 24.9 Å². The van der Waals surface area contributed by atoms with Gasteiger partial charge < -0.3 is 5.32 Å². The molecule has 1 heterocycles. The summed E-state index contributed by atoms with van der Waals surface area (Å²) < 4.78 is 37.3. The van der Waals surface area contributed by atoms with Gasteiger partial charge in [0.25, 0.3) is 5.91 Å². The summed E-state index contributed by atoms with van der Waals surface area (Å²) in [5.74, 6) is 0.00280. The molecule has 2 N–H and O–H groups in total. The number of hydrogen-bond donors (Lipinski definition) is 2. The minimum absolute atomic E-state index is 0.233. The highest BCUT2D eigenvalue weighted by molar-refractivity contribution is 6.02. The van der Waals surface area contributed by atoms with E-state index in [-0.39, 0.29) is 5.69 Å². The smallest absolute Gasteiger partial charge is 0.321 e. The molecule has 1 aliphatic carbocycles. The van der Waals surface area contributed by atoms with Crippen LogP contribution in [-0.4, -0.2) is 16.1 Å². The van der Waals surface area contributed by atoms with Crippen molar-refractivity contribution in [3.63, 3.8) is 0 Å². The zero-order valence-electron chi connectivity index (χ0n) is 10.9. The molecule has 0 unspecified atom stereocenters. The Hall–Kier alpha value is -2.31. The van der Waals surface area contributed by atoms with E-state index in [4.69, 9.17) is 0 Å². The summed E-state index contributed by atoms with van der Waals surface area (Å²) in [6, 6.07) is 5.97. The van der Waals surface area contributed by atoms with E-state index in [1.165, 1.54) is 12.1 Å². The number of benzene rings is 1. The first-order valence-corrected chi connectivity index (χ1v) is 6.47. The summed E-state index contributed by atoms with van der Waals surface area (Å²) in [5, 5.41) is 9.24. The number of amides is 1. The first-order valence-electron chi connectivity index (χ1n) is 6.47. The largest absolute Gasteiger partial charge is 0.416 e. The quantitative estimate of drug-likeness (QED) is 0.909. The molecule has 0 aliphatic heterocycles. The zero-order valence-corrected chi connectivity index (χ0v) is 10.9. The predicted molar refractivity (Wildman–Crippen MR) is 70.0 cm³/mol. The second kappa shape index (κ2) is 4.91. The number of alkyl halides is 3. The highest BCUT2D eigenvalue weighted by atomic mass is 19.4. The molecule has 1 aromatic heterocycles. The Morgan fingerprint density at radius 2 is 1.90 bits per heavy atom. The normalized spacial score (nSPS) is 15.0. The number of carbonyl (C=O) groups is 1. The van der Waals surface area contributed by atoms with Crippen LogP contribution in [0.2, 0.25) is 0 Å². The number of anilines is 1. The molecule has 0 bridgehead atoms. The Bertz CT molecular complexity index is 657. The van der Waals surface area contributed by atoms with Crippen molar-refractivity contribution in [1.82, 2.24) is 10.2 Å². The van der Waals surface area contributed by atoms with Crippen molar-refractivity contribution < 1.29 is 18.0 Å². The van der Waals surface area contributed by atoms with E-state index in [0.29, 0.717) is 11.6 Å². The van der Waals surface area contributed by atoms with Gasteiger partial charge in [0, 0.05) is 17.3 Å². The number of hydrogen-bond acceptors (Lipinski definition) is 2. The lowest BCUT2D eigenvalue weighted by Gasteiger charge is -2.08. The van der Waals surface area contributed by atoms with Crippen LogP contribution in [0.15, 0.2) is 30.3 Å². The fraction of sp³-hybridized carbons (Fsp3) is 0.286. The van der Waals surface area contributed by atoms with E-state index < -0.39 is 17.6 Å². The van der Waals surface area contributed by atoms with Crippen LogP contribution in [0, 0.1) is 0 Å². The second-order valence-corrected chi connectivity index (χ2v) is 5.01. The summed E-state index contributed by atoms with van der Waals surface area (Å²) >= 11 is 0. The third-order valence-electron chi connectivity index (χ3n) is 3.32. The lowest BCUT2D eigenvalue weighted by molar-refractivity contribution is -0.137. The molecule has 2 aromatic rings. The van der Waals surface area contributed by atoms with Gasteiger partial charge >= 0.3 is 6.18 Å². The molecule has 1 aromatic carbocycles. The molecular formula is C14H12F3N3O. The third kappa shape index (κ3) is 3.07. The first kappa shape index (κ1) is 13.7. The van der Waals surface area contributed by atoms with E-state index in [0.717, 1.165) is 30.7 Å². The molecule has 0 radical (unpaired) electrons. The predicted octanol–water partition coefficient (Wildman–Crippen LogP) is 3.56. The fourth-order valence-electron chi connectivity index (χ4n) is 1.99. The van der Waals surface area contributed by atoms with Crippen LogP contribution < -0.4 is 5.32 Å². The Balaban J connectivity index is 1.68. The van der Waals surface area contributed by atoms with Crippen LogP contribution >= 0.6 is 0 Å². The molecule has 0 spiro atoms. The van der Waals surface area contributed by atoms with Gasteiger partial charge in [-0.3, -0.25) is 9.89 Å². The van der Waals surface area contributed by atoms with Crippen molar-refractivity contribution >= 4 is 11.6 Å². The van der Waals surface area contributed by atoms with E-state index >= 15 is 0 Å². The van der Waals surface area contributed by atoms with Gasteiger partial charge in [0.2, 0.25) is 0 Å². The molecule has 110 valence electrons. The van der Waals surface area contributed by atoms with E-state index in [2.05, 4.69) is 15.5 Å². The van der Waals surface area contributed by atoms with Gasteiger partial charge in [-0.05, 0) is 43.2 Å². The van der Waals surface area contributed by atoms with E-state index in [1.54, 1.807) is 6.07 Å². The van der Waals surface area contributed by atoms with Gasteiger partial charge in [-0.15, -0.1) is 0 Å². The SMILES string of the molecule is O=C(Nc1ccc(C(F)(F)F)cc1)c1cc(C2CC2)[nH]n1. The Labute approximate surface area is 118 Å². The monoisotopic (exact) mass is 295 g/mol. The summed E-state index contributed by atoms with van der Waals surface area (Å²) in [6.45, 7) is 0. The number of nitrogens with zero attached hydrogens (tertiary/aromatic N) is 1. The number of aromatic amines is 1. The molecule has 0 atom stereocenters. The molecule has 21 heavy (non-hydrogen) atoms. The zero-order chi connectivity index (χ0) is 15.0. The first-order chi connectivity index (χ1) is 9.93. The lowest BCUT2D eigenvalue weighted by atomic mass is 10.2. The highest BCUT2D eigenvalue weighted by Gasteiger charge is 2.30. The molecule has 7 heteroatoms. The highest BCUT2D eigenvalue weighted by Crippen LogP contribution is 2.39. The van der Waals surface area contributed by atoms with Crippen molar-refractivity contribution in [3.8, 4) is 0 Å². The van der Waals surface area contributed by atoms with Crippen LogP contribution in [-0.2, 0) is 6.18 Å². The van der Waals surface area contributed by atoms with Crippen LogP contribution in [0.25, 0.3) is 0 Å². The number of carbonyl (C=O) groups excluding carboxylic acids is 1. The molecule has 1 saturated carbocycles. The number of nitrogens with one attached hydrogen (secondary N) is 2. The van der Waals surface area contributed by atoms with Crippen LogP contribution in [0.5, 0.6) is 0 Å². The lowest BCUT2D eigenvalue weighted by Crippen LogP contribution is -2.12. The summed E-state index contributed by atoms with van der Waals surface area (Å²) in [6.07, 6.45) is -2.21. The molecule has 0 saturated heterocycles. The van der Waals surface area contributed by atoms with Crippen LogP contribution in [0.1, 0.15) is 40.5 Å². The van der Waals surface area contributed by atoms with E-state index in [9.17, 15) is 18.0 Å². The van der Waals surface area contributed by atoms with Crippen molar-refractivity contribution in [2.24, 2.45) is 0 Å². The molecule has 3 rings (SSSR count). The van der Waals surface area contributed by atoms with Crippen molar-refractivity contribution in [1.29, 1.82) is 0 Å². The molecular weight excluding hydrogens is 283 g/mol. The maximum atomic E-state index is 12.4. The van der Waals surface area contributed by atoms with Crippen LogP contribution in [0.3, 0.4) is 0 Å². The standard InChI is InChI=1S/C14H12F3N3O/c15-14(16,17)9-3-5-10(6-4-9)18-13(21)12-7-11(19-20-12)8-1-2-8/h3-8H,1-2H2,(H,18,21)(H,19,20). The van der Waals surface area contributed by atoms with Gasteiger partial charge in [-0.25, -0.2) is 0 Å². The average molecular weight is 295 g/mol. The summed E-state index contributed by atoms with van der Waals surface area (Å²) in [4.78, 5) is 11.9.